The maximum Gasteiger partial charge on any atom is 0.314 e. The van der Waals surface area contributed by atoms with Crippen molar-refractivity contribution in [2.75, 3.05) is 6.61 Å². The number of carboxylic acids is 1. The first-order valence-corrected chi connectivity index (χ1v) is 6.46. The molecule has 0 fully saturated rings. The van der Waals surface area contributed by atoms with Crippen LogP contribution in [0.3, 0.4) is 0 Å². The number of carbonyl (C=O) groups is 3. The van der Waals surface area contributed by atoms with Crippen molar-refractivity contribution in [1.82, 2.24) is 0 Å². The zero-order valence-corrected chi connectivity index (χ0v) is 12.8. The van der Waals surface area contributed by atoms with Crippen LogP contribution < -0.4 is 0 Å². The number of esters is 2. The van der Waals surface area contributed by atoms with Gasteiger partial charge < -0.3 is 14.6 Å². The highest BCUT2D eigenvalue weighted by molar-refractivity contribution is 14.1. The third-order valence-corrected chi connectivity index (χ3v) is 2.64. The molecule has 0 aliphatic carbocycles. The molecule has 2 atom stereocenters. The number of hydrogen-bond donors (Lipinski definition) is 1. The second kappa shape index (κ2) is 9.15. The van der Waals surface area contributed by atoms with Gasteiger partial charge in [0.05, 0.1) is 5.70 Å². The van der Waals surface area contributed by atoms with E-state index in [1.807, 2.05) is 0 Å². The molecular formula is C10H12IN3O6. The Bertz CT molecular complexity index is 472. The molecule has 0 aromatic carbocycles. The number of halogens is 1. The zero-order chi connectivity index (χ0) is 15.7. The summed E-state index contributed by atoms with van der Waals surface area (Å²) in [4.78, 5) is 35.6. The lowest BCUT2D eigenvalue weighted by Gasteiger charge is -2.23. The van der Waals surface area contributed by atoms with Gasteiger partial charge in [0.1, 0.15) is 18.6 Å². The number of carboxylic acid groups (broad SMARTS) is 1. The molecular weight excluding hydrogens is 385 g/mol. The highest BCUT2D eigenvalue weighted by Gasteiger charge is 2.34. The van der Waals surface area contributed by atoms with E-state index in [4.69, 9.17) is 15.4 Å². The van der Waals surface area contributed by atoms with Gasteiger partial charge in [-0.15, -0.1) is 0 Å². The number of hydrogen-bond acceptors (Lipinski definition) is 6. The summed E-state index contributed by atoms with van der Waals surface area (Å²) >= 11 is 1.71. The minimum absolute atomic E-state index is 0.0946. The maximum absolute atomic E-state index is 11.2. The summed E-state index contributed by atoms with van der Waals surface area (Å²) in [5, 5.41) is 12.4. The molecule has 0 saturated carbocycles. The standard InChI is InChI=1S/C10H12IN3O6/c1-5(15)19-4-7(10(17)18)9(20-6(2)16)8(3-11)13-14-12/h3,7,9H,4H2,1-2H3,(H,17,18)/b8-3-/t7-,9-/m1/s1. The van der Waals surface area contributed by atoms with Crippen LogP contribution >= 0.6 is 22.6 Å². The minimum atomic E-state index is -1.38. The summed E-state index contributed by atoms with van der Waals surface area (Å²) in [5.74, 6) is -4.18. The van der Waals surface area contributed by atoms with Gasteiger partial charge in [0.25, 0.3) is 0 Å². The molecule has 0 aromatic rings. The van der Waals surface area contributed by atoms with Gasteiger partial charge in [-0.2, -0.15) is 0 Å². The number of azide groups is 1. The average molecular weight is 397 g/mol. The van der Waals surface area contributed by atoms with E-state index in [1.165, 1.54) is 4.08 Å². The van der Waals surface area contributed by atoms with Gasteiger partial charge in [-0.3, -0.25) is 14.4 Å². The SMILES string of the molecule is CC(=O)OC[C@@H](C(=O)O)[C@@H](OC(C)=O)/C(=C/I)N=[N+]=[N-]. The second-order valence-electron chi connectivity index (χ2n) is 3.50. The monoisotopic (exact) mass is 397 g/mol. The number of aliphatic carboxylic acids is 1. The van der Waals surface area contributed by atoms with Crippen molar-refractivity contribution in [2.45, 2.75) is 20.0 Å². The first kappa shape index (κ1) is 18.2. The second-order valence-corrected chi connectivity index (χ2v) is 4.12. The summed E-state index contributed by atoms with van der Waals surface area (Å²) in [6, 6.07) is 0. The van der Waals surface area contributed by atoms with Crippen LogP contribution in [0.2, 0.25) is 0 Å². The van der Waals surface area contributed by atoms with Crippen LogP contribution in [0.5, 0.6) is 0 Å². The third-order valence-electron chi connectivity index (χ3n) is 2.01. The predicted octanol–water partition coefficient (Wildman–Crippen LogP) is 1.77. The Morgan fingerprint density at radius 1 is 1.40 bits per heavy atom. The fourth-order valence-electron chi connectivity index (χ4n) is 1.22. The molecule has 20 heavy (non-hydrogen) atoms. The zero-order valence-electron chi connectivity index (χ0n) is 10.6. The van der Waals surface area contributed by atoms with E-state index in [-0.39, 0.29) is 5.70 Å². The number of rotatable bonds is 7. The Labute approximate surface area is 127 Å². The van der Waals surface area contributed by atoms with Crippen molar-refractivity contribution in [2.24, 2.45) is 11.0 Å². The van der Waals surface area contributed by atoms with E-state index in [2.05, 4.69) is 14.8 Å². The van der Waals surface area contributed by atoms with Crippen molar-refractivity contribution >= 4 is 40.5 Å². The highest BCUT2D eigenvalue weighted by atomic mass is 127. The van der Waals surface area contributed by atoms with Crippen LogP contribution in [0.15, 0.2) is 14.9 Å². The van der Waals surface area contributed by atoms with E-state index in [0.29, 0.717) is 0 Å². The molecule has 10 heteroatoms. The molecule has 1 N–H and O–H groups in total. The molecule has 0 amide bonds. The van der Waals surface area contributed by atoms with E-state index in [9.17, 15) is 14.4 Å². The minimum Gasteiger partial charge on any atom is -0.481 e. The Kier molecular flexibility index (Phi) is 8.32. The third kappa shape index (κ3) is 6.38. The normalized spacial score (nSPS) is 13.7. The fraction of sp³-hybridized carbons (Fsp3) is 0.500. The molecule has 0 aromatic heterocycles. The molecule has 0 spiro atoms. The van der Waals surface area contributed by atoms with E-state index >= 15 is 0 Å². The van der Waals surface area contributed by atoms with Crippen molar-refractivity contribution < 1.29 is 29.0 Å². The molecule has 0 rings (SSSR count). The van der Waals surface area contributed by atoms with Gasteiger partial charge in [-0.25, -0.2) is 0 Å². The molecule has 0 bridgehead atoms. The predicted molar refractivity (Wildman–Crippen MR) is 74.6 cm³/mol. The number of nitrogens with zero attached hydrogens (tertiary/aromatic N) is 3. The van der Waals surface area contributed by atoms with E-state index in [0.717, 1.165) is 13.8 Å². The lowest BCUT2D eigenvalue weighted by Crippen LogP contribution is -2.36. The van der Waals surface area contributed by atoms with Gasteiger partial charge in [-0.05, 0) is 9.61 Å². The van der Waals surface area contributed by atoms with Crippen LogP contribution in [0.4, 0.5) is 0 Å². The quantitative estimate of drug-likeness (QED) is 0.228. The Balaban J connectivity index is 5.40. The molecule has 0 heterocycles. The Morgan fingerprint density at radius 3 is 2.35 bits per heavy atom. The molecule has 9 nitrogen and oxygen atoms in total. The van der Waals surface area contributed by atoms with Crippen molar-refractivity contribution in [3.63, 3.8) is 0 Å². The van der Waals surface area contributed by atoms with Crippen molar-refractivity contribution in [1.29, 1.82) is 0 Å². The van der Waals surface area contributed by atoms with E-state index in [1.54, 1.807) is 22.6 Å². The van der Waals surface area contributed by atoms with Crippen LogP contribution in [-0.4, -0.2) is 35.7 Å². The molecule has 0 radical (unpaired) electrons. The lowest BCUT2D eigenvalue weighted by atomic mass is 10.0. The van der Waals surface area contributed by atoms with Gasteiger partial charge in [0.2, 0.25) is 0 Å². The smallest absolute Gasteiger partial charge is 0.314 e. The summed E-state index contributed by atoms with van der Waals surface area (Å²) < 4.78 is 10.8. The fourth-order valence-corrected chi connectivity index (χ4v) is 1.69. The number of ether oxygens (including phenoxy) is 2. The molecule has 110 valence electrons. The summed E-state index contributed by atoms with van der Waals surface area (Å²) in [6.07, 6.45) is -1.35. The van der Waals surface area contributed by atoms with Crippen molar-refractivity contribution in [3.05, 3.63) is 20.2 Å². The summed E-state index contributed by atoms with van der Waals surface area (Å²) in [5.41, 5.74) is 8.34. The summed E-state index contributed by atoms with van der Waals surface area (Å²) in [7, 11) is 0. The highest BCUT2D eigenvalue weighted by Crippen LogP contribution is 2.21. The molecule has 0 aliphatic heterocycles. The topological polar surface area (TPSA) is 139 Å². The van der Waals surface area contributed by atoms with Gasteiger partial charge in [0, 0.05) is 18.8 Å². The number of carbonyl (C=O) groups excluding carboxylic acids is 2. The van der Waals surface area contributed by atoms with Crippen LogP contribution in [0, 0.1) is 5.92 Å². The average Bonchev–Trinajstić information content (AvgIpc) is 2.33. The first-order chi connectivity index (χ1) is 9.33. The molecule has 0 aliphatic rings. The van der Waals surface area contributed by atoms with Gasteiger partial charge >= 0.3 is 17.9 Å². The van der Waals surface area contributed by atoms with Crippen LogP contribution in [-0.2, 0) is 23.9 Å². The van der Waals surface area contributed by atoms with Crippen LogP contribution in [0.25, 0.3) is 10.4 Å². The Morgan fingerprint density at radius 2 is 2.00 bits per heavy atom. The largest absolute Gasteiger partial charge is 0.481 e. The molecule has 0 unspecified atom stereocenters. The maximum atomic E-state index is 11.2. The lowest BCUT2D eigenvalue weighted by molar-refractivity contribution is -0.159. The van der Waals surface area contributed by atoms with Gasteiger partial charge in [0.15, 0.2) is 0 Å². The first-order valence-electron chi connectivity index (χ1n) is 5.22. The van der Waals surface area contributed by atoms with Gasteiger partial charge in [-0.1, -0.05) is 27.7 Å². The molecule has 0 saturated heterocycles. The van der Waals surface area contributed by atoms with Crippen molar-refractivity contribution in [3.8, 4) is 0 Å². The van der Waals surface area contributed by atoms with Crippen LogP contribution in [0.1, 0.15) is 13.8 Å². The summed E-state index contributed by atoms with van der Waals surface area (Å²) in [6.45, 7) is 1.68. The van der Waals surface area contributed by atoms with E-state index < -0.39 is 36.5 Å². The Hall–Kier alpha value is -1.81.